The van der Waals surface area contributed by atoms with Gasteiger partial charge in [-0.1, -0.05) is 32.0 Å². The van der Waals surface area contributed by atoms with E-state index in [1.807, 2.05) is 19.9 Å². The van der Waals surface area contributed by atoms with Gasteiger partial charge >= 0.3 is 0 Å². The van der Waals surface area contributed by atoms with Gasteiger partial charge in [0, 0.05) is 44.5 Å². The van der Waals surface area contributed by atoms with Crippen LogP contribution in [-0.4, -0.2) is 71.8 Å². The number of carbonyl (C=O) groups is 1. The predicted octanol–water partition coefficient (Wildman–Crippen LogP) is 4.85. The van der Waals surface area contributed by atoms with E-state index < -0.39 is 11.6 Å². The summed E-state index contributed by atoms with van der Waals surface area (Å²) in [5.41, 5.74) is 0.977. The molecule has 1 amide bonds. The maximum Gasteiger partial charge on any atom is 0.221 e. The van der Waals surface area contributed by atoms with Gasteiger partial charge in [-0.2, -0.15) is 0 Å². The molecule has 7 nitrogen and oxygen atoms in total. The molecule has 2 aromatic heterocycles. The van der Waals surface area contributed by atoms with Crippen molar-refractivity contribution >= 4 is 23.9 Å². The van der Waals surface area contributed by atoms with Gasteiger partial charge < -0.3 is 9.80 Å². The molecule has 4 rings (SSSR count). The quantitative estimate of drug-likeness (QED) is 0.272. The lowest BCUT2D eigenvalue weighted by molar-refractivity contribution is -0.106. The van der Waals surface area contributed by atoms with Crippen molar-refractivity contribution in [3.63, 3.8) is 0 Å². The van der Waals surface area contributed by atoms with E-state index in [0.29, 0.717) is 30.2 Å². The summed E-state index contributed by atoms with van der Waals surface area (Å²) >= 11 is 0. The zero-order chi connectivity index (χ0) is 26.7. The van der Waals surface area contributed by atoms with Crippen molar-refractivity contribution < 1.29 is 13.6 Å². The second-order valence-electron chi connectivity index (χ2n) is 9.57. The third-order valence-corrected chi connectivity index (χ3v) is 6.64. The number of amides is 1. The first-order chi connectivity index (χ1) is 17.8. The standard InChI is InChI=1S/C28H32F2N6O/c1-18(2)20-10-8-12-32-27(20)36(17-37)28-22(26(31-4)35-14-13-34(5)16-19(35)3)15-24(30)25(33-28)21-9-6-7-11-23(21)29/h6-12,15,17-19H,13-14,16H2,1-5H3. The van der Waals surface area contributed by atoms with Gasteiger partial charge in [0.05, 0.1) is 5.56 Å². The van der Waals surface area contributed by atoms with Crippen LogP contribution in [0.25, 0.3) is 11.3 Å². The number of benzene rings is 1. The zero-order valence-electron chi connectivity index (χ0n) is 21.8. The summed E-state index contributed by atoms with van der Waals surface area (Å²) in [5.74, 6) is -0.226. The molecule has 0 aliphatic carbocycles. The first-order valence-corrected chi connectivity index (χ1v) is 12.3. The van der Waals surface area contributed by atoms with E-state index in [9.17, 15) is 9.18 Å². The molecule has 1 aromatic carbocycles. The summed E-state index contributed by atoms with van der Waals surface area (Å²) < 4.78 is 30.4. The number of nitrogens with zero attached hydrogens (tertiary/aromatic N) is 6. The summed E-state index contributed by atoms with van der Waals surface area (Å²) in [6.07, 6.45) is 2.21. The monoisotopic (exact) mass is 506 g/mol. The molecule has 0 saturated carbocycles. The van der Waals surface area contributed by atoms with E-state index >= 15 is 4.39 Å². The highest BCUT2D eigenvalue weighted by Crippen LogP contribution is 2.35. The Kier molecular flexibility index (Phi) is 7.92. The van der Waals surface area contributed by atoms with Crippen LogP contribution in [0.4, 0.5) is 20.4 Å². The van der Waals surface area contributed by atoms with Crippen molar-refractivity contribution in [3.05, 3.63) is 71.4 Å². The van der Waals surface area contributed by atoms with Crippen LogP contribution < -0.4 is 4.90 Å². The van der Waals surface area contributed by atoms with Crippen LogP contribution in [0.15, 0.2) is 53.7 Å². The van der Waals surface area contributed by atoms with Crippen LogP contribution in [0, 0.1) is 11.6 Å². The van der Waals surface area contributed by atoms with Crippen LogP contribution in [0.1, 0.15) is 37.8 Å². The molecular weight excluding hydrogens is 474 g/mol. The molecule has 1 aliphatic heterocycles. The molecule has 194 valence electrons. The molecule has 9 heteroatoms. The summed E-state index contributed by atoms with van der Waals surface area (Å²) in [6, 6.07) is 10.9. The summed E-state index contributed by atoms with van der Waals surface area (Å²) in [4.78, 5) is 31.8. The van der Waals surface area contributed by atoms with Crippen LogP contribution in [0.2, 0.25) is 0 Å². The Hall–Kier alpha value is -3.72. The molecule has 1 atom stereocenters. The molecule has 0 spiro atoms. The fourth-order valence-electron chi connectivity index (χ4n) is 4.79. The minimum Gasteiger partial charge on any atom is -0.351 e. The Bertz CT molecular complexity index is 1310. The van der Waals surface area contributed by atoms with E-state index in [0.717, 1.165) is 18.7 Å². The number of hydrogen-bond acceptors (Lipinski definition) is 5. The zero-order valence-corrected chi connectivity index (χ0v) is 21.8. The third kappa shape index (κ3) is 5.22. The normalized spacial score (nSPS) is 16.8. The highest BCUT2D eigenvalue weighted by molar-refractivity contribution is 6.06. The fourth-order valence-corrected chi connectivity index (χ4v) is 4.79. The first-order valence-electron chi connectivity index (χ1n) is 12.3. The summed E-state index contributed by atoms with van der Waals surface area (Å²) in [6.45, 7) is 8.34. The van der Waals surface area contributed by atoms with Crippen molar-refractivity contribution in [2.75, 3.05) is 38.6 Å². The molecule has 1 fully saturated rings. The summed E-state index contributed by atoms with van der Waals surface area (Å²) in [5, 5.41) is 0. The van der Waals surface area contributed by atoms with Gasteiger partial charge in [0.25, 0.3) is 0 Å². The van der Waals surface area contributed by atoms with Crippen molar-refractivity contribution in [3.8, 4) is 11.3 Å². The fraction of sp³-hybridized carbons (Fsp3) is 0.357. The van der Waals surface area contributed by atoms with Crippen LogP contribution in [0.5, 0.6) is 0 Å². The lowest BCUT2D eigenvalue weighted by Crippen LogP contribution is -2.53. The second kappa shape index (κ2) is 11.1. The molecule has 1 unspecified atom stereocenters. The van der Waals surface area contributed by atoms with Crippen molar-refractivity contribution in [1.29, 1.82) is 0 Å². The number of anilines is 2. The van der Waals surface area contributed by atoms with Crippen LogP contribution in [-0.2, 0) is 4.79 Å². The second-order valence-corrected chi connectivity index (χ2v) is 9.57. The maximum absolute atomic E-state index is 15.7. The number of piperazine rings is 1. The Morgan fingerprint density at radius 2 is 1.89 bits per heavy atom. The number of carbonyl (C=O) groups excluding carboxylic acids is 1. The number of likely N-dealkylation sites (N-methyl/N-ethyl adjacent to an activating group) is 1. The Morgan fingerprint density at radius 3 is 2.54 bits per heavy atom. The van der Waals surface area contributed by atoms with E-state index in [1.54, 1.807) is 25.4 Å². The van der Waals surface area contributed by atoms with Gasteiger partial charge in [0.15, 0.2) is 5.82 Å². The van der Waals surface area contributed by atoms with Gasteiger partial charge in [-0.05, 0) is 49.7 Å². The van der Waals surface area contributed by atoms with E-state index in [2.05, 4.69) is 38.7 Å². The predicted molar refractivity (Wildman–Crippen MR) is 142 cm³/mol. The van der Waals surface area contributed by atoms with Crippen LogP contribution in [0.3, 0.4) is 0 Å². The molecule has 37 heavy (non-hydrogen) atoms. The van der Waals surface area contributed by atoms with Crippen molar-refractivity contribution in [2.24, 2.45) is 4.99 Å². The van der Waals surface area contributed by atoms with Gasteiger partial charge in [-0.15, -0.1) is 0 Å². The van der Waals surface area contributed by atoms with Gasteiger partial charge in [0.2, 0.25) is 6.41 Å². The molecule has 1 aliphatic rings. The van der Waals surface area contributed by atoms with E-state index in [1.165, 1.54) is 29.2 Å². The SMILES string of the molecule is CN=C(c1cc(F)c(-c2ccccc2F)nc1N(C=O)c1ncccc1C(C)C)N1CCN(C)CC1C. The lowest BCUT2D eigenvalue weighted by atomic mass is 10.0. The van der Waals surface area contributed by atoms with E-state index in [-0.39, 0.29) is 29.0 Å². The Labute approximate surface area is 216 Å². The average Bonchev–Trinajstić information content (AvgIpc) is 2.88. The molecular formula is C28H32F2N6O. The number of rotatable bonds is 6. The summed E-state index contributed by atoms with van der Waals surface area (Å²) in [7, 11) is 3.69. The van der Waals surface area contributed by atoms with Gasteiger partial charge in [-0.25, -0.2) is 23.6 Å². The first kappa shape index (κ1) is 26.3. The molecule has 0 radical (unpaired) electrons. The molecule has 0 bridgehead atoms. The lowest BCUT2D eigenvalue weighted by Gasteiger charge is -2.40. The van der Waals surface area contributed by atoms with Crippen molar-refractivity contribution in [2.45, 2.75) is 32.7 Å². The van der Waals surface area contributed by atoms with Crippen molar-refractivity contribution in [1.82, 2.24) is 19.8 Å². The highest BCUT2D eigenvalue weighted by atomic mass is 19.1. The van der Waals surface area contributed by atoms with Crippen LogP contribution >= 0.6 is 0 Å². The third-order valence-electron chi connectivity index (χ3n) is 6.64. The molecule has 3 heterocycles. The minimum atomic E-state index is -0.706. The largest absolute Gasteiger partial charge is 0.351 e. The maximum atomic E-state index is 15.7. The number of amidine groups is 1. The molecule has 1 saturated heterocycles. The number of aliphatic imine (C=N–C) groups is 1. The number of halogens is 2. The number of hydrogen-bond donors (Lipinski definition) is 0. The topological polar surface area (TPSA) is 64.9 Å². The highest BCUT2D eigenvalue weighted by Gasteiger charge is 2.31. The van der Waals surface area contributed by atoms with Gasteiger partial charge in [-0.3, -0.25) is 9.79 Å². The average molecular weight is 507 g/mol. The minimum absolute atomic E-state index is 0.00621. The van der Waals surface area contributed by atoms with E-state index in [4.69, 9.17) is 0 Å². The Balaban J connectivity index is 1.97. The molecule has 3 aromatic rings. The number of pyridine rings is 2. The Morgan fingerprint density at radius 1 is 1.14 bits per heavy atom. The smallest absolute Gasteiger partial charge is 0.221 e. The number of aromatic nitrogens is 2. The molecule has 0 N–H and O–H groups in total. The van der Waals surface area contributed by atoms with Gasteiger partial charge in [0.1, 0.15) is 29.0 Å².